The average molecular weight is 441 g/mol. The van der Waals surface area contributed by atoms with Crippen LogP contribution in [0.2, 0.25) is 0 Å². The predicted octanol–water partition coefficient (Wildman–Crippen LogP) is 4.19. The van der Waals surface area contributed by atoms with Gasteiger partial charge in [0.05, 0.1) is 7.11 Å². The molecule has 0 aliphatic carbocycles. The first-order valence-corrected chi connectivity index (χ1v) is 11.6. The number of benzene rings is 2. The molecular weight excluding hydrogens is 407 g/mol. The lowest BCUT2D eigenvalue weighted by atomic mass is 9.89. The standard InChI is InChI=1S/C26H33FN2O3/c1-3-29-14-4-6-22(29)18-28-25(30)26(13-5-15-32-26)17-19-7-9-20(10-8-19)23-16-21(27)11-12-24(23)31-2/h7-12,16,22H,3-6,13-15,17-18H2,1-2H3,(H,28,30)/t22-,26+/m0/s1. The number of likely N-dealkylation sites (tertiary alicyclic amines) is 1. The van der Waals surface area contributed by atoms with E-state index in [1.165, 1.54) is 18.6 Å². The van der Waals surface area contributed by atoms with Gasteiger partial charge in [0.25, 0.3) is 5.91 Å². The zero-order valence-corrected chi connectivity index (χ0v) is 19.0. The number of rotatable bonds is 8. The van der Waals surface area contributed by atoms with Gasteiger partial charge in [-0.2, -0.15) is 0 Å². The second kappa shape index (κ2) is 10.0. The van der Waals surface area contributed by atoms with Crippen molar-refractivity contribution in [3.8, 4) is 16.9 Å². The first kappa shape index (κ1) is 22.7. The largest absolute Gasteiger partial charge is 0.496 e. The maximum atomic E-state index is 13.8. The molecule has 0 saturated carbocycles. The first-order chi connectivity index (χ1) is 15.5. The van der Waals surface area contributed by atoms with Crippen molar-refractivity contribution in [2.45, 2.75) is 50.7 Å². The summed E-state index contributed by atoms with van der Waals surface area (Å²) in [5.41, 5.74) is 1.79. The van der Waals surface area contributed by atoms with Crippen molar-refractivity contribution in [1.29, 1.82) is 0 Å². The van der Waals surface area contributed by atoms with Crippen LogP contribution in [0.1, 0.15) is 38.2 Å². The van der Waals surface area contributed by atoms with E-state index in [0.717, 1.165) is 43.5 Å². The molecule has 2 atom stereocenters. The predicted molar refractivity (Wildman–Crippen MR) is 123 cm³/mol. The van der Waals surface area contributed by atoms with Crippen LogP contribution in [0, 0.1) is 5.82 Å². The number of carbonyl (C=O) groups is 1. The number of hydrogen-bond acceptors (Lipinski definition) is 4. The van der Waals surface area contributed by atoms with Gasteiger partial charge in [0, 0.05) is 31.2 Å². The summed E-state index contributed by atoms with van der Waals surface area (Å²) >= 11 is 0. The third kappa shape index (κ3) is 4.81. The minimum Gasteiger partial charge on any atom is -0.496 e. The lowest BCUT2D eigenvalue weighted by molar-refractivity contribution is -0.141. The maximum absolute atomic E-state index is 13.8. The number of ether oxygens (including phenoxy) is 2. The third-order valence-corrected chi connectivity index (χ3v) is 6.84. The number of methoxy groups -OCH3 is 1. The van der Waals surface area contributed by atoms with Gasteiger partial charge in [-0.05, 0) is 68.1 Å². The van der Waals surface area contributed by atoms with Gasteiger partial charge in [-0.25, -0.2) is 4.39 Å². The Hall–Kier alpha value is -2.44. The van der Waals surface area contributed by atoms with Gasteiger partial charge in [-0.1, -0.05) is 31.2 Å². The molecule has 2 fully saturated rings. The zero-order chi connectivity index (χ0) is 22.6. The van der Waals surface area contributed by atoms with Crippen molar-refractivity contribution >= 4 is 5.91 Å². The molecule has 0 radical (unpaired) electrons. The number of carbonyl (C=O) groups excluding carboxylic acids is 1. The van der Waals surface area contributed by atoms with Crippen LogP contribution in [0.4, 0.5) is 4.39 Å². The number of amides is 1. The van der Waals surface area contributed by atoms with Crippen LogP contribution in [0.25, 0.3) is 11.1 Å². The molecule has 5 nitrogen and oxygen atoms in total. The molecule has 1 amide bonds. The summed E-state index contributed by atoms with van der Waals surface area (Å²) in [5, 5.41) is 3.19. The molecule has 0 bridgehead atoms. The van der Waals surface area contributed by atoms with Gasteiger partial charge in [0.15, 0.2) is 5.60 Å². The Kier molecular flexibility index (Phi) is 7.11. The first-order valence-electron chi connectivity index (χ1n) is 11.6. The lowest BCUT2D eigenvalue weighted by Crippen LogP contribution is -2.51. The SMILES string of the molecule is CCN1CCC[C@H]1CNC(=O)[C@]1(Cc2ccc(-c3cc(F)ccc3OC)cc2)CCCO1. The van der Waals surface area contributed by atoms with Gasteiger partial charge < -0.3 is 14.8 Å². The summed E-state index contributed by atoms with van der Waals surface area (Å²) in [5.74, 6) is 0.319. The Bertz CT molecular complexity index is 925. The van der Waals surface area contributed by atoms with Crippen molar-refractivity contribution in [3.05, 3.63) is 53.8 Å². The minimum absolute atomic E-state index is 0.00571. The molecule has 172 valence electrons. The van der Waals surface area contributed by atoms with Crippen molar-refractivity contribution < 1.29 is 18.7 Å². The molecule has 2 heterocycles. The highest BCUT2D eigenvalue weighted by Gasteiger charge is 2.43. The molecule has 32 heavy (non-hydrogen) atoms. The second-order valence-corrected chi connectivity index (χ2v) is 8.80. The molecule has 1 N–H and O–H groups in total. The monoisotopic (exact) mass is 440 g/mol. The maximum Gasteiger partial charge on any atom is 0.252 e. The fraction of sp³-hybridized carbons (Fsp3) is 0.500. The molecule has 2 aromatic carbocycles. The molecule has 0 spiro atoms. The molecule has 2 aliphatic rings. The Morgan fingerprint density at radius 3 is 2.75 bits per heavy atom. The number of halogens is 1. The van der Waals surface area contributed by atoms with Crippen LogP contribution in [0.5, 0.6) is 5.75 Å². The summed E-state index contributed by atoms with van der Waals surface area (Å²) in [6.45, 7) is 5.59. The van der Waals surface area contributed by atoms with E-state index in [9.17, 15) is 9.18 Å². The minimum atomic E-state index is -0.812. The number of nitrogens with one attached hydrogen (secondary N) is 1. The van der Waals surface area contributed by atoms with Crippen LogP contribution < -0.4 is 10.1 Å². The van der Waals surface area contributed by atoms with E-state index < -0.39 is 5.60 Å². The van der Waals surface area contributed by atoms with E-state index in [1.807, 2.05) is 24.3 Å². The quantitative estimate of drug-likeness (QED) is 0.669. The van der Waals surface area contributed by atoms with Crippen molar-refractivity contribution in [2.24, 2.45) is 0 Å². The van der Waals surface area contributed by atoms with Crippen molar-refractivity contribution in [1.82, 2.24) is 10.2 Å². The van der Waals surface area contributed by atoms with E-state index in [4.69, 9.17) is 9.47 Å². The van der Waals surface area contributed by atoms with Crippen LogP contribution in [0.15, 0.2) is 42.5 Å². The van der Waals surface area contributed by atoms with E-state index in [0.29, 0.717) is 36.9 Å². The summed E-state index contributed by atoms with van der Waals surface area (Å²) < 4.78 is 25.2. The summed E-state index contributed by atoms with van der Waals surface area (Å²) in [7, 11) is 1.58. The smallest absolute Gasteiger partial charge is 0.252 e. The molecule has 0 unspecified atom stereocenters. The topological polar surface area (TPSA) is 50.8 Å². The van der Waals surface area contributed by atoms with Crippen LogP contribution >= 0.6 is 0 Å². The average Bonchev–Trinajstić information content (AvgIpc) is 3.48. The van der Waals surface area contributed by atoms with E-state index >= 15 is 0 Å². The zero-order valence-electron chi connectivity index (χ0n) is 19.0. The Morgan fingerprint density at radius 2 is 2.06 bits per heavy atom. The summed E-state index contributed by atoms with van der Waals surface area (Å²) in [6.07, 6.45) is 4.46. The molecule has 2 aromatic rings. The highest BCUT2D eigenvalue weighted by Crippen LogP contribution is 2.33. The second-order valence-electron chi connectivity index (χ2n) is 8.80. The molecular formula is C26H33FN2O3. The lowest BCUT2D eigenvalue weighted by Gasteiger charge is -2.29. The fourth-order valence-electron chi connectivity index (χ4n) is 5.05. The van der Waals surface area contributed by atoms with E-state index in [2.05, 4.69) is 17.1 Å². The van der Waals surface area contributed by atoms with Crippen LogP contribution in [-0.4, -0.2) is 55.8 Å². The van der Waals surface area contributed by atoms with Crippen LogP contribution in [0.3, 0.4) is 0 Å². The van der Waals surface area contributed by atoms with Gasteiger partial charge >= 0.3 is 0 Å². The van der Waals surface area contributed by atoms with E-state index in [1.54, 1.807) is 13.2 Å². The number of likely N-dealkylation sites (N-methyl/N-ethyl adjacent to an activating group) is 1. The number of nitrogens with zero attached hydrogens (tertiary/aromatic N) is 1. The molecule has 0 aromatic heterocycles. The molecule has 2 saturated heterocycles. The summed E-state index contributed by atoms with van der Waals surface area (Å²) in [6, 6.07) is 12.8. The van der Waals surface area contributed by atoms with Crippen molar-refractivity contribution in [3.63, 3.8) is 0 Å². The van der Waals surface area contributed by atoms with Crippen molar-refractivity contribution in [2.75, 3.05) is 33.4 Å². The Labute approximate surface area is 189 Å². The van der Waals surface area contributed by atoms with Gasteiger partial charge in [-0.3, -0.25) is 9.69 Å². The summed E-state index contributed by atoms with van der Waals surface area (Å²) in [4.78, 5) is 15.7. The highest BCUT2D eigenvalue weighted by atomic mass is 19.1. The highest BCUT2D eigenvalue weighted by molar-refractivity contribution is 5.86. The molecule has 2 aliphatic heterocycles. The fourth-order valence-corrected chi connectivity index (χ4v) is 5.05. The van der Waals surface area contributed by atoms with Crippen LogP contribution in [-0.2, 0) is 16.0 Å². The number of hydrogen-bond donors (Lipinski definition) is 1. The Balaban J connectivity index is 1.46. The van der Waals surface area contributed by atoms with Gasteiger partial charge in [0.1, 0.15) is 11.6 Å². The van der Waals surface area contributed by atoms with Gasteiger partial charge in [-0.15, -0.1) is 0 Å². The van der Waals surface area contributed by atoms with Gasteiger partial charge in [0.2, 0.25) is 0 Å². The normalized spacial score (nSPS) is 23.4. The molecule has 4 rings (SSSR count). The third-order valence-electron chi connectivity index (χ3n) is 6.84. The van der Waals surface area contributed by atoms with E-state index in [-0.39, 0.29) is 11.7 Å². The molecule has 6 heteroatoms. The Morgan fingerprint density at radius 1 is 1.25 bits per heavy atom.